The Bertz CT molecular complexity index is 390. The van der Waals surface area contributed by atoms with Crippen molar-refractivity contribution in [1.82, 2.24) is 5.32 Å². The highest BCUT2D eigenvalue weighted by molar-refractivity contribution is 6.30. The lowest BCUT2D eigenvalue weighted by atomic mass is 9.96. The molecule has 1 N–H and O–H groups in total. The van der Waals surface area contributed by atoms with E-state index < -0.39 is 0 Å². The molecule has 0 spiro atoms. The third-order valence-electron chi connectivity index (χ3n) is 3.47. The number of benzene rings is 1. The highest BCUT2D eigenvalue weighted by Crippen LogP contribution is 2.25. The summed E-state index contributed by atoms with van der Waals surface area (Å²) in [6.07, 6.45) is 3.99. The van der Waals surface area contributed by atoms with Gasteiger partial charge in [0.15, 0.2) is 0 Å². The molecular weight excluding hydrogens is 258 g/mol. The van der Waals surface area contributed by atoms with Crippen molar-refractivity contribution < 1.29 is 4.74 Å². The number of halogens is 1. The summed E-state index contributed by atoms with van der Waals surface area (Å²) < 4.78 is 5.69. The van der Waals surface area contributed by atoms with Crippen LogP contribution in [0.1, 0.15) is 44.6 Å². The molecule has 106 valence electrons. The Balaban J connectivity index is 1.91. The lowest BCUT2D eigenvalue weighted by Gasteiger charge is -2.19. The average Bonchev–Trinajstić information content (AvgIpc) is 3.17. The van der Waals surface area contributed by atoms with E-state index in [0.29, 0.717) is 12.0 Å². The predicted octanol–water partition coefficient (Wildman–Crippen LogP) is 3.99. The predicted molar refractivity (Wildman–Crippen MR) is 80.9 cm³/mol. The second-order valence-electron chi connectivity index (χ2n) is 5.64. The molecule has 0 bridgehead atoms. The molecule has 1 fully saturated rings. The molecule has 0 heterocycles. The van der Waals surface area contributed by atoms with Gasteiger partial charge in [-0.3, -0.25) is 0 Å². The zero-order valence-electron chi connectivity index (χ0n) is 11.9. The highest BCUT2D eigenvalue weighted by Gasteiger charge is 2.22. The minimum absolute atomic E-state index is 0.302. The standard InChI is InChI=1S/C16H24ClNO/c1-12(2)19-9-8-14(11-18-16-6-7-16)13-4-3-5-15(17)10-13/h3-5,10,12,14,16,18H,6-9,11H2,1-2H3. The summed E-state index contributed by atoms with van der Waals surface area (Å²) >= 11 is 6.10. The van der Waals surface area contributed by atoms with Gasteiger partial charge in [0, 0.05) is 24.2 Å². The van der Waals surface area contributed by atoms with E-state index in [-0.39, 0.29) is 0 Å². The first-order valence-corrected chi connectivity index (χ1v) is 7.63. The lowest BCUT2D eigenvalue weighted by Crippen LogP contribution is -2.24. The number of rotatable bonds is 8. The number of hydrogen-bond acceptors (Lipinski definition) is 2. The molecule has 3 heteroatoms. The third kappa shape index (κ3) is 5.52. The van der Waals surface area contributed by atoms with Crippen molar-refractivity contribution in [3.05, 3.63) is 34.9 Å². The van der Waals surface area contributed by atoms with Gasteiger partial charge in [0.05, 0.1) is 6.10 Å². The quantitative estimate of drug-likeness (QED) is 0.778. The molecule has 1 aromatic rings. The Morgan fingerprint density at radius 1 is 1.37 bits per heavy atom. The monoisotopic (exact) mass is 281 g/mol. The van der Waals surface area contributed by atoms with Crippen LogP contribution < -0.4 is 5.32 Å². The van der Waals surface area contributed by atoms with Crippen LogP contribution >= 0.6 is 11.6 Å². The maximum Gasteiger partial charge on any atom is 0.0518 e. The zero-order chi connectivity index (χ0) is 13.7. The molecule has 19 heavy (non-hydrogen) atoms. The second-order valence-corrected chi connectivity index (χ2v) is 6.08. The van der Waals surface area contributed by atoms with Crippen LogP contribution in [0.15, 0.2) is 24.3 Å². The van der Waals surface area contributed by atoms with Gasteiger partial charge in [-0.1, -0.05) is 23.7 Å². The fourth-order valence-electron chi connectivity index (χ4n) is 2.19. The van der Waals surface area contributed by atoms with Crippen molar-refractivity contribution in [2.24, 2.45) is 0 Å². The Morgan fingerprint density at radius 2 is 2.16 bits per heavy atom. The smallest absolute Gasteiger partial charge is 0.0518 e. The topological polar surface area (TPSA) is 21.3 Å². The van der Waals surface area contributed by atoms with Crippen LogP contribution in [0.25, 0.3) is 0 Å². The fraction of sp³-hybridized carbons (Fsp3) is 0.625. The zero-order valence-corrected chi connectivity index (χ0v) is 12.6. The summed E-state index contributed by atoms with van der Waals surface area (Å²) in [4.78, 5) is 0. The Kier molecular flexibility index (Phi) is 5.68. The van der Waals surface area contributed by atoms with Gasteiger partial charge in [-0.2, -0.15) is 0 Å². The molecule has 1 aromatic carbocycles. The van der Waals surface area contributed by atoms with Crippen LogP contribution in [-0.2, 0) is 4.74 Å². The Hall–Kier alpha value is -0.570. The van der Waals surface area contributed by atoms with E-state index in [1.165, 1.54) is 18.4 Å². The fourth-order valence-corrected chi connectivity index (χ4v) is 2.39. The Morgan fingerprint density at radius 3 is 2.79 bits per heavy atom. The molecule has 0 amide bonds. The van der Waals surface area contributed by atoms with Gasteiger partial charge in [-0.15, -0.1) is 0 Å². The summed E-state index contributed by atoms with van der Waals surface area (Å²) in [7, 11) is 0. The molecule has 1 unspecified atom stereocenters. The molecular formula is C16H24ClNO. The van der Waals surface area contributed by atoms with Crippen LogP contribution in [0.4, 0.5) is 0 Å². The van der Waals surface area contributed by atoms with Crippen molar-refractivity contribution in [1.29, 1.82) is 0 Å². The van der Waals surface area contributed by atoms with Gasteiger partial charge < -0.3 is 10.1 Å². The first-order valence-electron chi connectivity index (χ1n) is 7.25. The minimum Gasteiger partial charge on any atom is -0.379 e. The molecule has 2 rings (SSSR count). The van der Waals surface area contributed by atoms with Gasteiger partial charge in [-0.25, -0.2) is 0 Å². The summed E-state index contributed by atoms with van der Waals surface area (Å²) in [5, 5.41) is 4.43. The van der Waals surface area contributed by atoms with E-state index in [4.69, 9.17) is 16.3 Å². The summed E-state index contributed by atoms with van der Waals surface area (Å²) in [6.45, 7) is 5.99. The summed E-state index contributed by atoms with van der Waals surface area (Å²) in [6, 6.07) is 8.95. The average molecular weight is 282 g/mol. The molecule has 0 aromatic heterocycles. The summed E-state index contributed by atoms with van der Waals surface area (Å²) in [5.74, 6) is 0.484. The molecule has 0 radical (unpaired) electrons. The third-order valence-corrected chi connectivity index (χ3v) is 3.70. The molecule has 0 saturated heterocycles. The second kappa shape index (κ2) is 7.28. The largest absolute Gasteiger partial charge is 0.379 e. The van der Waals surface area contributed by atoms with Gasteiger partial charge in [-0.05, 0) is 56.7 Å². The lowest BCUT2D eigenvalue weighted by molar-refractivity contribution is 0.0732. The molecule has 2 nitrogen and oxygen atoms in total. The van der Waals surface area contributed by atoms with E-state index in [2.05, 4.69) is 31.3 Å². The molecule has 1 aliphatic carbocycles. The Labute approximate surface area is 121 Å². The van der Waals surface area contributed by atoms with Crippen molar-refractivity contribution in [3.8, 4) is 0 Å². The van der Waals surface area contributed by atoms with E-state index >= 15 is 0 Å². The van der Waals surface area contributed by atoms with Crippen LogP contribution in [0.2, 0.25) is 5.02 Å². The van der Waals surface area contributed by atoms with Crippen molar-refractivity contribution in [2.45, 2.75) is 51.2 Å². The number of hydrogen-bond donors (Lipinski definition) is 1. The van der Waals surface area contributed by atoms with Crippen LogP contribution in [-0.4, -0.2) is 25.3 Å². The van der Waals surface area contributed by atoms with Gasteiger partial charge in [0.1, 0.15) is 0 Å². The first-order chi connectivity index (χ1) is 9.15. The van der Waals surface area contributed by atoms with Gasteiger partial charge in [0.25, 0.3) is 0 Å². The van der Waals surface area contributed by atoms with Gasteiger partial charge >= 0.3 is 0 Å². The van der Waals surface area contributed by atoms with Crippen LogP contribution in [0, 0.1) is 0 Å². The highest BCUT2D eigenvalue weighted by atomic mass is 35.5. The normalized spacial score (nSPS) is 16.8. The summed E-state index contributed by atoms with van der Waals surface area (Å²) in [5.41, 5.74) is 1.31. The number of nitrogens with one attached hydrogen (secondary N) is 1. The molecule has 0 aliphatic heterocycles. The van der Waals surface area contributed by atoms with Crippen LogP contribution in [0.3, 0.4) is 0 Å². The maximum absolute atomic E-state index is 6.10. The van der Waals surface area contributed by atoms with Crippen molar-refractivity contribution in [2.75, 3.05) is 13.2 Å². The van der Waals surface area contributed by atoms with Crippen molar-refractivity contribution >= 4 is 11.6 Å². The molecule has 1 saturated carbocycles. The van der Waals surface area contributed by atoms with Gasteiger partial charge in [0.2, 0.25) is 0 Å². The van der Waals surface area contributed by atoms with Crippen LogP contribution in [0.5, 0.6) is 0 Å². The van der Waals surface area contributed by atoms with E-state index in [1.54, 1.807) is 0 Å². The van der Waals surface area contributed by atoms with E-state index in [0.717, 1.165) is 30.6 Å². The molecule has 1 aliphatic rings. The molecule has 1 atom stereocenters. The maximum atomic E-state index is 6.10. The SMILES string of the molecule is CC(C)OCCC(CNC1CC1)c1cccc(Cl)c1. The first kappa shape index (κ1) is 14.8. The van der Waals surface area contributed by atoms with E-state index in [9.17, 15) is 0 Å². The van der Waals surface area contributed by atoms with Crippen molar-refractivity contribution in [3.63, 3.8) is 0 Å². The van der Waals surface area contributed by atoms with E-state index in [1.807, 2.05) is 12.1 Å². The number of ether oxygens (including phenoxy) is 1. The minimum atomic E-state index is 0.302.